The topological polar surface area (TPSA) is 70.4 Å². The minimum atomic E-state index is -0.362. The normalized spacial score (nSPS) is 13.9. The van der Waals surface area contributed by atoms with Gasteiger partial charge in [0.25, 0.3) is 5.56 Å². The number of carbonyl (C=O) groups excluding carboxylic acids is 1. The molecule has 0 bridgehead atoms. The molecule has 0 N–H and O–H groups in total. The van der Waals surface area contributed by atoms with E-state index in [1.807, 2.05) is 50.2 Å². The molecule has 4 aromatic rings. The van der Waals surface area contributed by atoms with Crippen molar-refractivity contribution < 1.29 is 14.3 Å². The Kier molecular flexibility index (Phi) is 5.79. The maximum Gasteiger partial charge on any atom is 0.337 e. The number of ether oxygens (including phenoxy) is 2. The highest BCUT2D eigenvalue weighted by Gasteiger charge is 2.23. The third-order valence-corrected chi connectivity index (χ3v) is 7.30. The molecule has 5 rings (SSSR count). The van der Waals surface area contributed by atoms with Gasteiger partial charge in [0.2, 0.25) is 0 Å². The van der Waals surface area contributed by atoms with Crippen LogP contribution in [0.4, 0.5) is 0 Å². The number of hydrogen-bond donors (Lipinski definition) is 0. The SMILES string of the molecule is COC(=O)c1ccc(COc2ccccc2C=C2CCn3c2nc2sc(C)c(C)c2c3=O)cc1. The van der Waals surface area contributed by atoms with Gasteiger partial charge in [-0.1, -0.05) is 30.3 Å². The van der Waals surface area contributed by atoms with Crippen molar-refractivity contribution >= 4 is 39.2 Å². The zero-order valence-corrected chi connectivity index (χ0v) is 20.1. The number of benzene rings is 2. The largest absolute Gasteiger partial charge is 0.488 e. The Hall–Kier alpha value is -3.71. The quantitative estimate of drug-likeness (QED) is 0.365. The van der Waals surface area contributed by atoms with Gasteiger partial charge >= 0.3 is 5.97 Å². The number of nitrogens with zero attached hydrogens (tertiary/aromatic N) is 2. The lowest BCUT2D eigenvalue weighted by atomic mass is 10.1. The molecular weight excluding hydrogens is 448 g/mol. The summed E-state index contributed by atoms with van der Waals surface area (Å²) < 4.78 is 12.6. The highest BCUT2D eigenvalue weighted by molar-refractivity contribution is 7.18. The van der Waals surface area contributed by atoms with Gasteiger partial charge in [-0.3, -0.25) is 9.36 Å². The molecule has 1 aliphatic heterocycles. The van der Waals surface area contributed by atoms with Crippen LogP contribution in [0.2, 0.25) is 0 Å². The lowest BCUT2D eigenvalue weighted by Gasteiger charge is -2.10. The van der Waals surface area contributed by atoms with E-state index in [0.29, 0.717) is 18.7 Å². The average molecular weight is 473 g/mol. The van der Waals surface area contributed by atoms with Gasteiger partial charge in [0.1, 0.15) is 23.0 Å². The molecule has 7 heteroatoms. The summed E-state index contributed by atoms with van der Waals surface area (Å²) in [7, 11) is 1.37. The first-order chi connectivity index (χ1) is 16.5. The van der Waals surface area contributed by atoms with E-state index in [0.717, 1.165) is 55.4 Å². The summed E-state index contributed by atoms with van der Waals surface area (Å²) in [6.45, 7) is 5.02. The zero-order valence-electron chi connectivity index (χ0n) is 19.3. The number of allylic oxidation sites excluding steroid dienone is 1. The fourth-order valence-corrected chi connectivity index (χ4v) is 5.22. The van der Waals surface area contributed by atoms with E-state index in [4.69, 9.17) is 14.5 Å². The van der Waals surface area contributed by atoms with Crippen molar-refractivity contribution in [2.75, 3.05) is 7.11 Å². The van der Waals surface area contributed by atoms with Crippen LogP contribution in [0.5, 0.6) is 5.75 Å². The Morgan fingerprint density at radius 3 is 2.68 bits per heavy atom. The molecule has 0 saturated carbocycles. The summed E-state index contributed by atoms with van der Waals surface area (Å²) in [5, 5.41) is 0.745. The Labute approximate surface area is 201 Å². The molecule has 2 aromatic heterocycles. The van der Waals surface area contributed by atoms with Crippen molar-refractivity contribution in [1.82, 2.24) is 9.55 Å². The number of esters is 1. The Morgan fingerprint density at radius 1 is 1.15 bits per heavy atom. The van der Waals surface area contributed by atoms with Crippen molar-refractivity contribution in [3.05, 3.63) is 91.8 Å². The number of thiophene rings is 1. The second-order valence-electron chi connectivity index (χ2n) is 8.29. The molecule has 172 valence electrons. The van der Waals surface area contributed by atoms with E-state index >= 15 is 0 Å². The molecule has 0 unspecified atom stereocenters. The molecule has 0 aliphatic carbocycles. The maximum atomic E-state index is 13.1. The van der Waals surface area contributed by atoms with E-state index in [1.54, 1.807) is 28.0 Å². The van der Waals surface area contributed by atoms with Crippen LogP contribution in [0.15, 0.2) is 53.3 Å². The van der Waals surface area contributed by atoms with E-state index in [1.165, 1.54) is 7.11 Å². The van der Waals surface area contributed by atoms with Crippen LogP contribution in [0.3, 0.4) is 0 Å². The zero-order chi connectivity index (χ0) is 23.8. The first-order valence-corrected chi connectivity index (χ1v) is 11.9. The number of para-hydroxylation sites is 1. The monoisotopic (exact) mass is 472 g/mol. The number of carbonyl (C=O) groups is 1. The second kappa shape index (κ2) is 8.91. The third-order valence-electron chi connectivity index (χ3n) is 6.20. The molecule has 34 heavy (non-hydrogen) atoms. The van der Waals surface area contributed by atoms with E-state index in [-0.39, 0.29) is 11.5 Å². The van der Waals surface area contributed by atoms with Gasteiger partial charge in [-0.25, -0.2) is 9.78 Å². The third kappa shape index (κ3) is 3.92. The molecule has 0 spiro atoms. The Morgan fingerprint density at radius 2 is 1.91 bits per heavy atom. The van der Waals surface area contributed by atoms with Crippen LogP contribution in [0.25, 0.3) is 21.9 Å². The van der Waals surface area contributed by atoms with Gasteiger partial charge in [0.15, 0.2) is 0 Å². The molecule has 0 atom stereocenters. The van der Waals surface area contributed by atoms with Crippen LogP contribution in [0.1, 0.15) is 44.2 Å². The molecule has 1 aliphatic rings. The van der Waals surface area contributed by atoms with E-state index < -0.39 is 0 Å². The summed E-state index contributed by atoms with van der Waals surface area (Å²) in [5.41, 5.74) is 4.49. The van der Waals surface area contributed by atoms with Crippen molar-refractivity contribution in [3.8, 4) is 5.75 Å². The smallest absolute Gasteiger partial charge is 0.337 e. The van der Waals surface area contributed by atoms with E-state index in [2.05, 4.69) is 6.08 Å². The van der Waals surface area contributed by atoms with Crippen LogP contribution >= 0.6 is 11.3 Å². The minimum absolute atomic E-state index is 0.0465. The maximum absolute atomic E-state index is 13.1. The number of aryl methyl sites for hydroxylation is 2. The standard InChI is InChI=1S/C27H24N2O4S/c1-16-17(2)34-25-23(16)26(30)29-13-12-21(24(29)28-25)14-20-6-4-5-7-22(20)33-15-18-8-10-19(11-9-18)27(31)32-3/h4-11,14H,12-13,15H2,1-3H3. The predicted octanol–water partition coefficient (Wildman–Crippen LogP) is 5.38. The molecular formula is C27H24N2O4S. The van der Waals surface area contributed by atoms with Gasteiger partial charge in [0, 0.05) is 17.0 Å². The Bertz CT molecular complexity index is 1500. The van der Waals surface area contributed by atoms with Crippen LogP contribution in [-0.2, 0) is 17.9 Å². The summed E-state index contributed by atoms with van der Waals surface area (Å²) in [6.07, 6.45) is 2.82. The minimum Gasteiger partial charge on any atom is -0.488 e. The van der Waals surface area contributed by atoms with Gasteiger partial charge in [-0.05, 0) is 61.2 Å². The van der Waals surface area contributed by atoms with Crippen molar-refractivity contribution in [2.45, 2.75) is 33.4 Å². The first-order valence-electron chi connectivity index (χ1n) is 11.1. The molecule has 0 radical (unpaired) electrons. The van der Waals surface area contributed by atoms with Crippen molar-refractivity contribution in [1.29, 1.82) is 0 Å². The highest BCUT2D eigenvalue weighted by atomic mass is 32.1. The lowest BCUT2D eigenvalue weighted by Crippen LogP contribution is -2.20. The number of fused-ring (bicyclic) bond motifs is 2. The number of hydrogen-bond acceptors (Lipinski definition) is 6. The Balaban J connectivity index is 1.43. The first kappa shape index (κ1) is 22.1. The molecule has 0 saturated heterocycles. The van der Waals surface area contributed by atoms with Gasteiger partial charge in [-0.2, -0.15) is 0 Å². The number of methoxy groups -OCH3 is 1. The summed E-state index contributed by atoms with van der Waals surface area (Å²) in [5.74, 6) is 1.13. The van der Waals surface area contributed by atoms with Gasteiger partial charge < -0.3 is 9.47 Å². The molecule has 0 fully saturated rings. The fourth-order valence-electron chi connectivity index (χ4n) is 4.20. The lowest BCUT2D eigenvalue weighted by molar-refractivity contribution is 0.0600. The van der Waals surface area contributed by atoms with Crippen LogP contribution in [0, 0.1) is 13.8 Å². The molecule has 6 nitrogen and oxygen atoms in total. The molecule has 0 amide bonds. The summed E-state index contributed by atoms with van der Waals surface area (Å²) >= 11 is 1.57. The van der Waals surface area contributed by atoms with E-state index in [9.17, 15) is 9.59 Å². The number of rotatable bonds is 5. The van der Waals surface area contributed by atoms with Crippen LogP contribution < -0.4 is 10.3 Å². The van der Waals surface area contributed by atoms with Crippen molar-refractivity contribution in [2.24, 2.45) is 0 Å². The predicted molar refractivity (Wildman–Crippen MR) is 134 cm³/mol. The average Bonchev–Trinajstić information content (AvgIpc) is 3.38. The van der Waals surface area contributed by atoms with Gasteiger partial charge in [0.05, 0.1) is 18.1 Å². The van der Waals surface area contributed by atoms with Gasteiger partial charge in [-0.15, -0.1) is 11.3 Å². The van der Waals surface area contributed by atoms with Crippen molar-refractivity contribution in [3.63, 3.8) is 0 Å². The highest BCUT2D eigenvalue weighted by Crippen LogP contribution is 2.33. The van der Waals surface area contributed by atoms with Crippen LogP contribution in [-0.4, -0.2) is 22.6 Å². The second-order valence-corrected chi connectivity index (χ2v) is 9.49. The summed E-state index contributed by atoms with van der Waals surface area (Å²) in [4.78, 5) is 31.5. The number of aromatic nitrogens is 2. The summed E-state index contributed by atoms with van der Waals surface area (Å²) in [6, 6.07) is 15.0. The fraction of sp³-hybridized carbons (Fsp3) is 0.222. The molecule has 3 heterocycles. The molecule has 2 aromatic carbocycles.